The molecule has 0 unspecified atom stereocenters. The van der Waals surface area contributed by atoms with Crippen molar-refractivity contribution in [2.75, 3.05) is 20.1 Å². The van der Waals surface area contributed by atoms with E-state index in [4.69, 9.17) is 0 Å². The molecule has 3 nitrogen and oxygen atoms in total. The zero-order valence-electron chi connectivity index (χ0n) is 8.61. The molecule has 0 bridgehead atoms. The van der Waals surface area contributed by atoms with Crippen molar-refractivity contribution in [3.05, 3.63) is 38.0 Å². The highest BCUT2D eigenvalue weighted by Gasteiger charge is 1.86. The van der Waals surface area contributed by atoms with Crippen LogP contribution < -0.4 is 5.73 Å². The van der Waals surface area contributed by atoms with Crippen LogP contribution in [-0.4, -0.2) is 30.9 Å². The molecule has 0 saturated carbocycles. The lowest BCUT2D eigenvalue weighted by molar-refractivity contribution is -0.113. The van der Waals surface area contributed by atoms with Crippen molar-refractivity contribution in [3.8, 4) is 0 Å². The molecule has 0 aliphatic carbocycles. The third-order valence-electron chi connectivity index (χ3n) is 1.08. The highest BCUT2D eigenvalue weighted by atomic mass is 35.5. The Bertz CT molecular complexity index is 171. The van der Waals surface area contributed by atoms with E-state index in [2.05, 4.69) is 30.4 Å². The average Bonchev–Trinajstić information content (AvgIpc) is 2.06. The molecule has 0 rings (SSSR count). The zero-order valence-corrected chi connectivity index (χ0v) is 9.43. The van der Waals surface area contributed by atoms with E-state index in [9.17, 15) is 4.79 Å². The first-order valence-electron chi connectivity index (χ1n) is 3.90. The molecular weight excluding hydrogens is 200 g/mol. The Kier molecular flexibility index (Phi) is 19.3. The Hall–Kier alpha value is -1.06. The van der Waals surface area contributed by atoms with Gasteiger partial charge in [-0.3, -0.25) is 9.69 Å². The van der Waals surface area contributed by atoms with E-state index in [1.807, 2.05) is 19.2 Å². The Morgan fingerprint density at radius 1 is 1.29 bits per heavy atom. The highest BCUT2D eigenvalue weighted by Crippen LogP contribution is 1.80. The number of rotatable bonds is 5. The van der Waals surface area contributed by atoms with Gasteiger partial charge in [-0.25, -0.2) is 0 Å². The van der Waals surface area contributed by atoms with E-state index in [0.717, 1.165) is 19.2 Å². The summed E-state index contributed by atoms with van der Waals surface area (Å²) < 4.78 is 0. The number of likely N-dealkylation sites (N-methyl/N-ethyl adjacent to an activating group) is 1. The van der Waals surface area contributed by atoms with Crippen molar-refractivity contribution in [2.45, 2.75) is 0 Å². The predicted octanol–water partition coefficient (Wildman–Crippen LogP) is 1.37. The molecule has 1 amide bonds. The van der Waals surface area contributed by atoms with Gasteiger partial charge in [0.1, 0.15) is 0 Å². The maximum absolute atomic E-state index is 9.47. The lowest BCUT2D eigenvalue weighted by Gasteiger charge is -2.09. The maximum atomic E-state index is 9.47. The number of hydrogen-bond acceptors (Lipinski definition) is 2. The van der Waals surface area contributed by atoms with Crippen molar-refractivity contribution < 1.29 is 4.79 Å². The number of nitrogens with two attached hydrogens (primary N) is 1. The second-order valence-corrected chi connectivity index (χ2v) is 2.41. The second kappa shape index (κ2) is 14.5. The van der Waals surface area contributed by atoms with Crippen LogP contribution in [0.3, 0.4) is 0 Å². The number of halogens is 1. The fourth-order valence-corrected chi connectivity index (χ4v) is 0.515. The van der Waals surface area contributed by atoms with Crippen LogP contribution in [0.25, 0.3) is 0 Å². The smallest absolute Gasteiger partial charge is 0.240 e. The van der Waals surface area contributed by atoms with Gasteiger partial charge in [0.2, 0.25) is 5.91 Å². The predicted molar refractivity (Wildman–Crippen MR) is 64.5 cm³/mol. The first-order chi connectivity index (χ1) is 6.08. The van der Waals surface area contributed by atoms with Gasteiger partial charge in [-0.1, -0.05) is 18.7 Å². The Labute approximate surface area is 92.4 Å². The summed E-state index contributed by atoms with van der Waals surface area (Å²) >= 11 is 0. The third kappa shape index (κ3) is 22.4. The molecule has 0 aromatic carbocycles. The van der Waals surface area contributed by atoms with Crippen LogP contribution in [0, 0.1) is 0 Å². The van der Waals surface area contributed by atoms with E-state index < -0.39 is 5.91 Å². The molecule has 0 heterocycles. The normalized spacial score (nSPS) is 7.57. The fourth-order valence-electron chi connectivity index (χ4n) is 0.515. The van der Waals surface area contributed by atoms with Gasteiger partial charge >= 0.3 is 0 Å². The number of primary amides is 1. The van der Waals surface area contributed by atoms with Crippen LogP contribution in [0.1, 0.15) is 0 Å². The highest BCUT2D eigenvalue weighted by molar-refractivity contribution is 5.85. The van der Waals surface area contributed by atoms with Crippen molar-refractivity contribution in [2.24, 2.45) is 5.73 Å². The number of nitrogens with zero attached hydrogens (tertiary/aromatic N) is 1. The van der Waals surface area contributed by atoms with Crippen LogP contribution in [-0.2, 0) is 4.79 Å². The molecule has 0 saturated heterocycles. The van der Waals surface area contributed by atoms with Gasteiger partial charge in [0, 0.05) is 13.1 Å². The summed E-state index contributed by atoms with van der Waals surface area (Å²) in [6.45, 7) is 12.2. The molecule has 0 aliphatic heterocycles. The molecule has 82 valence electrons. The van der Waals surface area contributed by atoms with Crippen molar-refractivity contribution in [1.82, 2.24) is 4.90 Å². The van der Waals surface area contributed by atoms with E-state index in [1.54, 1.807) is 0 Å². The number of hydrogen-bond donors (Lipinski definition) is 1. The van der Waals surface area contributed by atoms with Crippen molar-refractivity contribution in [3.63, 3.8) is 0 Å². The molecule has 0 aromatic rings. The van der Waals surface area contributed by atoms with Gasteiger partial charge in [-0.2, -0.15) is 0 Å². The SMILES string of the molecule is C=CC(N)=O.C=CCN(C)CC=C.Cl. The van der Waals surface area contributed by atoms with E-state index >= 15 is 0 Å². The average molecular weight is 219 g/mol. The van der Waals surface area contributed by atoms with Gasteiger partial charge in [0.05, 0.1) is 0 Å². The minimum Gasteiger partial charge on any atom is -0.366 e. The lowest BCUT2D eigenvalue weighted by Crippen LogP contribution is -2.17. The van der Waals surface area contributed by atoms with Crippen LogP contribution in [0.4, 0.5) is 0 Å². The van der Waals surface area contributed by atoms with Gasteiger partial charge < -0.3 is 5.73 Å². The quantitative estimate of drug-likeness (QED) is 0.560. The lowest BCUT2D eigenvalue weighted by atomic mass is 10.5. The van der Waals surface area contributed by atoms with E-state index in [-0.39, 0.29) is 12.4 Å². The van der Waals surface area contributed by atoms with E-state index in [1.165, 1.54) is 0 Å². The molecule has 0 spiro atoms. The Morgan fingerprint density at radius 3 is 1.71 bits per heavy atom. The standard InChI is InChI=1S/C7H13N.C3H5NO.ClH/c1-4-6-8(3)7-5-2;1-2-3(4)5;/h4-5H,1-2,6-7H2,3H3;2H,1H2,(H2,4,5);1H. The summed E-state index contributed by atoms with van der Waals surface area (Å²) in [4.78, 5) is 11.6. The van der Waals surface area contributed by atoms with Crippen LogP contribution in [0.15, 0.2) is 38.0 Å². The molecule has 0 radical (unpaired) electrons. The van der Waals surface area contributed by atoms with Crippen LogP contribution in [0.5, 0.6) is 0 Å². The fraction of sp³-hybridized carbons (Fsp3) is 0.300. The molecule has 14 heavy (non-hydrogen) atoms. The largest absolute Gasteiger partial charge is 0.366 e. The molecule has 0 atom stereocenters. The molecular formula is C10H19ClN2O. The summed E-state index contributed by atoms with van der Waals surface area (Å²) in [6.07, 6.45) is 4.81. The summed E-state index contributed by atoms with van der Waals surface area (Å²) in [5.74, 6) is -0.481. The Morgan fingerprint density at radius 2 is 1.57 bits per heavy atom. The van der Waals surface area contributed by atoms with Gasteiger partial charge in [-0.05, 0) is 13.1 Å². The summed E-state index contributed by atoms with van der Waals surface area (Å²) in [5, 5.41) is 0. The number of carbonyl (C=O) groups excluding carboxylic acids is 1. The summed E-state index contributed by atoms with van der Waals surface area (Å²) in [5.41, 5.74) is 4.53. The van der Waals surface area contributed by atoms with Gasteiger partial charge in [-0.15, -0.1) is 25.6 Å². The van der Waals surface area contributed by atoms with Crippen molar-refractivity contribution in [1.29, 1.82) is 0 Å². The summed E-state index contributed by atoms with van der Waals surface area (Å²) in [7, 11) is 2.03. The van der Waals surface area contributed by atoms with Crippen LogP contribution >= 0.6 is 12.4 Å². The molecule has 2 N–H and O–H groups in total. The molecule has 0 aliphatic rings. The molecule has 4 heteroatoms. The topological polar surface area (TPSA) is 46.3 Å². The van der Waals surface area contributed by atoms with Crippen LogP contribution in [0.2, 0.25) is 0 Å². The Balaban J connectivity index is -0.000000177. The van der Waals surface area contributed by atoms with Gasteiger partial charge in [0.15, 0.2) is 0 Å². The maximum Gasteiger partial charge on any atom is 0.240 e. The zero-order chi connectivity index (χ0) is 10.7. The molecule has 0 aromatic heterocycles. The minimum atomic E-state index is -0.481. The second-order valence-electron chi connectivity index (χ2n) is 2.41. The number of carbonyl (C=O) groups is 1. The van der Waals surface area contributed by atoms with E-state index in [0.29, 0.717) is 0 Å². The third-order valence-corrected chi connectivity index (χ3v) is 1.08. The van der Waals surface area contributed by atoms with Gasteiger partial charge in [0.25, 0.3) is 0 Å². The van der Waals surface area contributed by atoms with Crippen molar-refractivity contribution >= 4 is 18.3 Å². The molecule has 0 fully saturated rings. The monoisotopic (exact) mass is 218 g/mol. The first-order valence-corrected chi connectivity index (χ1v) is 3.90. The first kappa shape index (κ1) is 18.7. The minimum absolute atomic E-state index is 0. The number of amides is 1. The summed E-state index contributed by atoms with van der Waals surface area (Å²) in [6, 6.07) is 0.